The lowest BCUT2D eigenvalue weighted by atomic mass is 10.1. The van der Waals surface area contributed by atoms with Crippen LogP contribution in [0.25, 0.3) is 0 Å². The molecule has 2 aromatic heterocycles. The molecule has 2 aliphatic heterocycles. The third-order valence-electron chi connectivity index (χ3n) is 6.17. The molecule has 1 atom stereocenters. The molecule has 0 spiro atoms. The van der Waals surface area contributed by atoms with Gasteiger partial charge in [0.25, 0.3) is 0 Å². The number of pyridine rings is 1. The first kappa shape index (κ1) is 22.1. The van der Waals surface area contributed by atoms with E-state index >= 15 is 0 Å². The molecule has 0 saturated carbocycles. The van der Waals surface area contributed by atoms with E-state index in [2.05, 4.69) is 62.0 Å². The molecular formula is C24H36N6S. The van der Waals surface area contributed by atoms with Crippen molar-refractivity contribution in [1.29, 1.82) is 0 Å². The average Bonchev–Trinajstić information content (AvgIpc) is 3.54. The summed E-state index contributed by atoms with van der Waals surface area (Å²) >= 11 is 1.85. The predicted molar refractivity (Wildman–Crippen MR) is 131 cm³/mol. The number of nitrogens with zero attached hydrogens (tertiary/aromatic N) is 4. The number of anilines is 1. The standard InChI is InChI=1S/C24H36N6S/c1-2-25-24(28-19-21(22-9-8-16-31-22)29-12-6-7-13-29)27-18-20-10-11-26-23(17-20)30-14-4-3-5-15-30/h8-11,16-17,21H,2-7,12-15,18-19H2,1H3,(H2,25,27,28). The Balaban J connectivity index is 1.39. The van der Waals surface area contributed by atoms with Crippen LogP contribution in [0.3, 0.4) is 0 Å². The molecule has 1 unspecified atom stereocenters. The summed E-state index contributed by atoms with van der Waals surface area (Å²) in [6, 6.07) is 9.12. The van der Waals surface area contributed by atoms with E-state index in [4.69, 9.17) is 4.99 Å². The van der Waals surface area contributed by atoms with Gasteiger partial charge in [-0.05, 0) is 81.3 Å². The van der Waals surface area contributed by atoms with Gasteiger partial charge in [0.15, 0.2) is 5.96 Å². The van der Waals surface area contributed by atoms with Gasteiger partial charge < -0.3 is 15.5 Å². The highest BCUT2D eigenvalue weighted by Crippen LogP contribution is 2.27. The van der Waals surface area contributed by atoms with Crippen molar-refractivity contribution in [2.45, 2.75) is 51.6 Å². The Kier molecular flexibility index (Phi) is 8.18. The molecule has 0 radical (unpaired) electrons. The molecule has 0 aromatic carbocycles. The van der Waals surface area contributed by atoms with Crippen molar-refractivity contribution in [3.05, 3.63) is 46.3 Å². The summed E-state index contributed by atoms with van der Waals surface area (Å²) in [5, 5.41) is 9.21. The minimum atomic E-state index is 0.415. The number of aliphatic imine (C=N–C) groups is 1. The Hall–Kier alpha value is -2.12. The molecule has 2 N–H and O–H groups in total. The van der Waals surface area contributed by atoms with Gasteiger partial charge in [0.05, 0.1) is 12.6 Å². The van der Waals surface area contributed by atoms with Crippen LogP contribution < -0.4 is 15.5 Å². The predicted octanol–water partition coefficient (Wildman–Crippen LogP) is 4.03. The van der Waals surface area contributed by atoms with Gasteiger partial charge in [0, 0.05) is 37.3 Å². The Labute approximate surface area is 190 Å². The molecule has 0 amide bonds. The fraction of sp³-hybridized carbons (Fsp3) is 0.583. The van der Waals surface area contributed by atoms with Crippen LogP contribution in [0.5, 0.6) is 0 Å². The number of hydrogen-bond donors (Lipinski definition) is 2. The Morgan fingerprint density at radius 2 is 1.90 bits per heavy atom. The molecule has 0 bridgehead atoms. The number of nitrogens with one attached hydrogen (secondary N) is 2. The third kappa shape index (κ3) is 6.20. The minimum Gasteiger partial charge on any atom is -0.357 e. The zero-order valence-corrected chi connectivity index (χ0v) is 19.5. The lowest BCUT2D eigenvalue weighted by molar-refractivity contribution is 0.249. The van der Waals surface area contributed by atoms with E-state index in [0.29, 0.717) is 12.6 Å². The quantitative estimate of drug-likeness (QED) is 0.480. The second kappa shape index (κ2) is 11.5. The molecule has 2 aliphatic rings. The van der Waals surface area contributed by atoms with Crippen LogP contribution in [0, 0.1) is 0 Å². The van der Waals surface area contributed by atoms with Gasteiger partial charge in [-0.1, -0.05) is 6.07 Å². The summed E-state index contributed by atoms with van der Waals surface area (Å²) in [5.41, 5.74) is 1.21. The first-order valence-corrected chi connectivity index (χ1v) is 12.7. The molecule has 31 heavy (non-hydrogen) atoms. The van der Waals surface area contributed by atoms with E-state index < -0.39 is 0 Å². The lowest BCUT2D eigenvalue weighted by Gasteiger charge is -2.28. The van der Waals surface area contributed by atoms with Crippen molar-refractivity contribution in [3.8, 4) is 0 Å². The molecule has 7 heteroatoms. The summed E-state index contributed by atoms with van der Waals surface area (Å²) < 4.78 is 0. The van der Waals surface area contributed by atoms with Crippen LogP contribution in [-0.4, -0.2) is 55.1 Å². The zero-order chi connectivity index (χ0) is 21.3. The molecule has 6 nitrogen and oxygen atoms in total. The smallest absolute Gasteiger partial charge is 0.191 e. The van der Waals surface area contributed by atoms with E-state index in [0.717, 1.165) is 38.0 Å². The van der Waals surface area contributed by atoms with Crippen LogP contribution >= 0.6 is 11.3 Å². The number of piperidine rings is 1. The molecule has 2 fully saturated rings. The number of thiophene rings is 1. The normalized spacial score (nSPS) is 18.9. The molecule has 4 rings (SSSR count). The molecular weight excluding hydrogens is 404 g/mol. The van der Waals surface area contributed by atoms with Crippen molar-refractivity contribution >= 4 is 23.1 Å². The SMILES string of the molecule is CCNC(=NCc1ccnc(N2CCCCC2)c1)NCC(c1cccs1)N1CCCC1. The second-order valence-electron chi connectivity index (χ2n) is 8.42. The summed E-state index contributed by atoms with van der Waals surface area (Å²) in [6.07, 6.45) is 8.40. The van der Waals surface area contributed by atoms with Gasteiger partial charge in [-0.15, -0.1) is 11.3 Å². The Morgan fingerprint density at radius 1 is 1.10 bits per heavy atom. The van der Waals surface area contributed by atoms with Gasteiger partial charge in [-0.3, -0.25) is 4.90 Å². The van der Waals surface area contributed by atoms with Crippen molar-refractivity contribution in [2.75, 3.05) is 44.2 Å². The van der Waals surface area contributed by atoms with Crippen LogP contribution in [0.4, 0.5) is 5.82 Å². The van der Waals surface area contributed by atoms with Crippen molar-refractivity contribution in [1.82, 2.24) is 20.5 Å². The number of guanidine groups is 1. The van der Waals surface area contributed by atoms with E-state index in [-0.39, 0.29) is 0 Å². The number of aromatic nitrogens is 1. The zero-order valence-electron chi connectivity index (χ0n) is 18.7. The van der Waals surface area contributed by atoms with E-state index in [1.165, 1.54) is 55.6 Å². The third-order valence-corrected chi connectivity index (χ3v) is 7.14. The highest BCUT2D eigenvalue weighted by atomic mass is 32.1. The van der Waals surface area contributed by atoms with E-state index in [9.17, 15) is 0 Å². The highest BCUT2D eigenvalue weighted by Gasteiger charge is 2.24. The van der Waals surface area contributed by atoms with Crippen LogP contribution in [0.1, 0.15) is 55.5 Å². The molecule has 0 aliphatic carbocycles. The van der Waals surface area contributed by atoms with Gasteiger partial charge in [-0.25, -0.2) is 9.98 Å². The first-order valence-electron chi connectivity index (χ1n) is 11.8. The monoisotopic (exact) mass is 440 g/mol. The van der Waals surface area contributed by atoms with Crippen LogP contribution in [0.15, 0.2) is 40.8 Å². The topological polar surface area (TPSA) is 55.8 Å². The fourth-order valence-corrected chi connectivity index (χ4v) is 5.36. The fourth-order valence-electron chi connectivity index (χ4n) is 4.50. The maximum Gasteiger partial charge on any atom is 0.191 e. The van der Waals surface area contributed by atoms with E-state index in [1.807, 2.05) is 17.5 Å². The van der Waals surface area contributed by atoms with E-state index in [1.54, 1.807) is 0 Å². The molecule has 2 aromatic rings. The number of hydrogen-bond acceptors (Lipinski definition) is 5. The molecule has 168 valence electrons. The first-order chi connectivity index (χ1) is 15.3. The van der Waals surface area contributed by atoms with Crippen LogP contribution in [-0.2, 0) is 6.54 Å². The molecule has 4 heterocycles. The maximum absolute atomic E-state index is 4.88. The maximum atomic E-state index is 4.88. The summed E-state index contributed by atoms with van der Waals surface area (Å²) in [5.74, 6) is 1.98. The minimum absolute atomic E-state index is 0.415. The van der Waals surface area contributed by atoms with Gasteiger partial charge in [0.1, 0.15) is 5.82 Å². The summed E-state index contributed by atoms with van der Waals surface area (Å²) in [6.45, 7) is 9.12. The number of likely N-dealkylation sites (tertiary alicyclic amines) is 1. The average molecular weight is 441 g/mol. The van der Waals surface area contributed by atoms with Crippen molar-refractivity contribution in [3.63, 3.8) is 0 Å². The lowest BCUT2D eigenvalue weighted by Crippen LogP contribution is -2.42. The Morgan fingerprint density at radius 3 is 2.65 bits per heavy atom. The van der Waals surface area contributed by atoms with Gasteiger partial charge in [-0.2, -0.15) is 0 Å². The second-order valence-corrected chi connectivity index (χ2v) is 9.40. The number of rotatable bonds is 8. The van der Waals surface area contributed by atoms with Crippen molar-refractivity contribution < 1.29 is 0 Å². The largest absolute Gasteiger partial charge is 0.357 e. The summed E-state index contributed by atoms with van der Waals surface area (Å²) in [4.78, 5) is 15.9. The summed E-state index contributed by atoms with van der Waals surface area (Å²) in [7, 11) is 0. The van der Waals surface area contributed by atoms with Crippen LogP contribution in [0.2, 0.25) is 0 Å². The molecule has 2 saturated heterocycles. The highest BCUT2D eigenvalue weighted by molar-refractivity contribution is 7.10. The van der Waals surface area contributed by atoms with Gasteiger partial charge >= 0.3 is 0 Å². The Bertz CT molecular complexity index is 809. The van der Waals surface area contributed by atoms with Crippen molar-refractivity contribution in [2.24, 2.45) is 4.99 Å². The van der Waals surface area contributed by atoms with Gasteiger partial charge in [0.2, 0.25) is 0 Å².